The van der Waals surface area contributed by atoms with E-state index in [2.05, 4.69) is 21.0 Å². The van der Waals surface area contributed by atoms with Crippen molar-refractivity contribution in [2.75, 3.05) is 31.5 Å². The number of halogens is 1. The number of hydrogen-bond acceptors (Lipinski definition) is 4. The Bertz CT molecular complexity index is 815. The number of piperidine rings is 2. The molecular weight excluding hydrogens is 404 g/mol. The Hall–Kier alpha value is -2.58. The first kappa shape index (κ1) is 22.1. The van der Waals surface area contributed by atoms with E-state index in [1.54, 1.807) is 6.20 Å². The standard InChI is InChI=1S/C21H28N6O2.ClH/c28-19(21(9-12-22-13-10-21)27-14-4-11-23-27)26-15-7-18(8-16-26)25-20(29)24-17-5-2-1-3-6-17;/h1-6,11,14,18,22H,7-10,12-13,15-16H2,(H2,24,25,29);1H. The number of likely N-dealkylation sites (tertiary alicyclic amines) is 1. The Labute approximate surface area is 182 Å². The molecule has 2 aromatic rings. The summed E-state index contributed by atoms with van der Waals surface area (Å²) in [5.41, 5.74) is 0.171. The topological polar surface area (TPSA) is 91.3 Å². The van der Waals surface area contributed by atoms with Crippen LogP contribution in [0.25, 0.3) is 0 Å². The van der Waals surface area contributed by atoms with E-state index in [4.69, 9.17) is 0 Å². The molecule has 4 rings (SSSR count). The van der Waals surface area contributed by atoms with Gasteiger partial charge in [-0.2, -0.15) is 5.10 Å². The van der Waals surface area contributed by atoms with Crippen LogP contribution < -0.4 is 16.0 Å². The minimum absolute atomic E-state index is 0. The maximum absolute atomic E-state index is 13.5. The van der Waals surface area contributed by atoms with Crippen LogP contribution in [-0.4, -0.2) is 58.8 Å². The summed E-state index contributed by atoms with van der Waals surface area (Å²) in [6.45, 7) is 2.91. The van der Waals surface area contributed by atoms with Gasteiger partial charge in [-0.3, -0.25) is 9.48 Å². The Morgan fingerprint density at radius 1 is 1.07 bits per heavy atom. The van der Waals surface area contributed by atoms with Gasteiger partial charge in [-0.05, 0) is 57.0 Å². The molecule has 0 unspecified atom stereocenters. The predicted octanol–water partition coefficient (Wildman–Crippen LogP) is 2.20. The number of anilines is 1. The number of urea groups is 1. The molecule has 162 valence electrons. The second-order valence-electron chi connectivity index (χ2n) is 7.76. The molecular formula is C21H29ClN6O2. The average molecular weight is 433 g/mol. The monoisotopic (exact) mass is 432 g/mol. The van der Waals surface area contributed by atoms with Gasteiger partial charge in [-0.25, -0.2) is 4.79 Å². The molecule has 3 amide bonds. The average Bonchev–Trinajstić information content (AvgIpc) is 3.30. The molecule has 30 heavy (non-hydrogen) atoms. The van der Waals surface area contributed by atoms with Crippen molar-refractivity contribution in [2.45, 2.75) is 37.3 Å². The van der Waals surface area contributed by atoms with Crippen LogP contribution in [0.3, 0.4) is 0 Å². The lowest BCUT2D eigenvalue weighted by molar-refractivity contribution is -0.144. The highest BCUT2D eigenvalue weighted by atomic mass is 35.5. The molecule has 9 heteroatoms. The number of amides is 3. The molecule has 0 radical (unpaired) electrons. The van der Waals surface area contributed by atoms with Crippen LogP contribution in [0.1, 0.15) is 25.7 Å². The van der Waals surface area contributed by atoms with Gasteiger partial charge < -0.3 is 20.9 Å². The van der Waals surface area contributed by atoms with Gasteiger partial charge in [0.1, 0.15) is 5.54 Å². The Morgan fingerprint density at radius 2 is 1.77 bits per heavy atom. The molecule has 0 spiro atoms. The number of nitrogens with one attached hydrogen (secondary N) is 3. The summed E-state index contributed by atoms with van der Waals surface area (Å²) in [6.07, 6.45) is 6.61. The Balaban J connectivity index is 0.00000256. The van der Waals surface area contributed by atoms with E-state index < -0.39 is 5.54 Å². The molecule has 3 N–H and O–H groups in total. The van der Waals surface area contributed by atoms with Crippen LogP contribution in [-0.2, 0) is 10.3 Å². The van der Waals surface area contributed by atoms with Crippen LogP contribution in [0.4, 0.5) is 10.5 Å². The van der Waals surface area contributed by atoms with Crippen molar-refractivity contribution in [1.82, 2.24) is 25.3 Å². The third-order valence-corrected chi connectivity index (χ3v) is 5.92. The lowest BCUT2D eigenvalue weighted by Gasteiger charge is -2.42. The van der Waals surface area contributed by atoms with E-state index in [0.29, 0.717) is 13.1 Å². The number of benzene rings is 1. The predicted molar refractivity (Wildman–Crippen MR) is 118 cm³/mol. The van der Waals surface area contributed by atoms with Crippen LogP contribution >= 0.6 is 12.4 Å². The summed E-state index contributed by atoms with van der Waals surface area (Å²) < 4.78 is 1.84. The molecule has 2 fully saturated rings. The van der Waals surface area contributed by atoms with Crippen molar-refractivity contribution in [3.63, 3.8) is 0 Å². The minimum atomic E-state index is -0.598. The molecule has 2 aliphatic rings. The smallest absolute Gasteiger partial charge is 0.319 e. The molecule has 1 aromatic heterocycles. The number of carbonyl (C=O) groups is 2. The molecule has 0 saturated carbocycles. The molecule has 2 saturated heterocycles. The first-order valence-corrected chi connectivity index (χ1v) is 10.3. The van der Waals surface area contributed by atoms with E-state index in [1.165, 1.54) is 0 Å². The highest BCUT2D eigenvalue weighted by Gasteiger charge is 2.45. The zero-order chi connectivity index (χ0) is 20.1. The van der Waals surface area contributed by atoms with E-state index in [0.717, 1.165) is 44.5 Å². The van der Waals surface area contributed by atoms with Crippen molar-refractivity contribution in [1.29, 1.82) is 0 Å². The second kappa shape index (κ2) is 9.95. The molecule has 1 aromatic carbocycles. The molecule has 0 bridgehead atoms. The number of hydrogen-bond donors (Lipinski definition) is 3. The van der Waals surface area contributed by atoms with Crippen molar-refractivity contribution in [3.8, 4) is 0 Å². The van der Waals surface area contributed by atoms with Gasteiger partial charge in [0.05, 0.1) is 0 Å². The molecule has 0 aliphatic carbocycles. The van der Waals surface area contributed by atoms with Gasteiger partial charge in [-0.1, -0.05) is 18.2 Å². The maximum atomic E-state index is 13.5. The fourth-order valence-electron chi connectivity index (χ4n) is 4.30. The zero-order valence-electron chi connectivity index (χ0n) is 16.9. The summed E-state index contributed by atoms with van der Waals surface area (Å²) in [5.74, 6) is 0.148. The third-order valence-electron chi connectivity index (χ3n) is 5.92. The van der Waals surface area contributed by atoms with Crippen molar-refractivity contribution < 1.29 is 9.59 Å². The fourth-order valence-corrected chi connectivity index (χ4v) is 4.30. The lowest BCUT2D eigenvalue weighted by Crippen LogP contribution is -2.58. The van der Waals surface area contributed by atoms with Crippen molar-refractivity contribution in [2.24, 2.45) is 0 Å². The summed E-state index contributed by atoms with van der Waals surface area (Å²) >= 11 is 0. The van der Waals surface area contributed by atoms with Gasteiger partial charge in [0, 0.05) is 37.2 Å². The lowest BCUT2D eigenvalue weighted by atomic mass is 9.86. The van der Waals surface area contributed by atoms with E-state index in [-0.39, 0.29) is 30.4 Å². The number of aromatic nitrogens is 2. The summed E-state index contributed by atoms with van der Waals surface area (Å²) in [4.78, 5) is 27.7. The van der Waals surface area contributed by atoms with Crippen LogP contribution in [0.2, 0.25) is 0 Å². The van der Waals surface area contributed by atoms with Crippen LogP contribution in [0, 0.1) is 0 Å². The Kier molecular flexibility index (Phi) is 7.33. The maximum Gasteiger partial charge on any atom is 0.319 e. The van der Waals surface area contributed by atoms with Crippen molar-refractivity contribution in [3.05, 3.63) is 48.8 Å². The van der Waals surface area contributed by atoms with Gasteiger partial charge in [0.2, 0.25) is 0 Å². The van der Waals surface area contributed by atoms with Crippen LogP contribution in [0.5, 0.6) is 0 Å². The fraction of sp³-hybridized carbons (Fsp3) is 0.476. The second-order valence-corrected chi connectivity index (χ2v) is 7.76. The first-order chi connectivity index (χ1) is 14.2. The minimum Gasteiger partial charge on any atom is -0.340 e. The summed E-state index contributed by atoms with van der Waals surface area (Å²) in [5, 5.41) is 13.6. The SMILES string of the molecule is Cl.O=C(Nc1ccccc1)NC1CCN(C(=O)C2(n3cccn3)CCNCC2)CC1. The van der Waals surface area contributed by atoms with Gasteiger partial charge in [0.15, 0.2) is 0 Å². The first-order valence-electron chi connectivity index (χ1n) is 10.3. The highest BCUT2D eigenvalue weighted by molar-refractivity contribution is 5.89. The van der Waals surface area contributed by atoms with Crippen molar-refractivity contribution >= 4 is 30.0 Å². The van der Waals surface area contributed by atoms with Gasteiger partial charge in [-0.15, -0.1) is 12.4 Å². The summed E-state index contributed by atoms with van der Waals surface area (Å²) in [6, 6.07) is 11.1. The number of nitrogens with zero attached hydrogens (tertiary/aromatic N) is 3. The number of para-hydroxylation sites is 1. The molecule has 0 atom stereocenters. The van der Waals surface area contributed by atoms with E-state index in [9.17, 15) is 9.59 Å². The van der Waals surface area contributed by atoms with Gasteiger partial charge >= 0.3 is 6.03 Å². The van der Waals surface area contributed by atoms with E-state index in [1.807, 2.05) is 52.2 Å². The molecule has 3 heterocycles. The molecule has 8 nitrogen and oxygen atoms in total. The van der Waals surface area contributed by atoms with Crippen LogP contribution in [0.15, 0.2) is 48.8 Å². The Morgan fingerprint density at radius 3 is 2.40 bits per heavy atom. The molecule has 2 aliphatic heterocycles. The summed E-state index contributed by atoms with van der Waals surface area (Å²) in [7, 11) is 0. The van der Waals surface area contributed by atoms with E-state index >= 15 is 0 Å². The normalized spacial score (nSPS) is 18.9. The number of carbonyl (C=O) groups excluding carboxylic acids is 2. The third kappa shape index (κ3) is 4.76. The quantitative estimate of drug-likeness (QED) is 0.690. The van der Waals surface area contributed by atoms with Gasteiger partial charge in [0.25, 0.3) is 5.91 Å². The number of rotatable bonds is 4. The highest BCUT2D eigenvalue weighted by Crippen LogP contribution is 2.30. The zero-order valence-corrected chi connectivity index (χ0v) is 17.7. The largest absolute Gasteiger partial charge is 0.340 e.